The van der Waals surface area contributed by atoms with Crippen molar-refractivity contribution in [3.63, 3.8) is 0 Å². The minimum absolute atomic E-state index is 0.000557. The Morgan fingerprint density at radius 3 is 2.67 bits per heavy atom. The fourth-order valence-corrected chi connectivity index (χ4v) is 5.75. The highest BCUT2D eigenvalue weighted by Crippen LogP contribution is 2.48. The number of benzene rings is 1. The highest BCUT2D eigenvalue weighted by Gasteiger charge is 2.46. The minimum Gasteiger partial charge on any atom is -0.494 e. The van der Waals surface area contributed by atoms with E-state index in [0.29, 0.717) is 12.6 Å². The standard InChI is InChI=1S/C24H26N4OS/c1-3-17-16-30-24-26-22(20-8-5-6-14-25-20)23(28(17)24)21-9-7-15-27(21)18-10-12-19(13-11-18)29-4-2/h5-15,17,22-23H,3-4,16H2,1-2H3/t17-,22+,23+/m1/s1. The molecule has 0 N–H and O–H groups in total. The Morgan fingerprint density at radius 2 is 1.93 bits per heavy atom. The van der Waals surface area contributed by atoms with Gasteiger partial charge in [0.2, 0.25) is 0 Å². The van der Waals surface area contributed by atoms with Crippen LogP contribution in [0.3, 0.4) is 0 Å². The van der Waals surface area contributed by atoms with Crippen LogP contribution in [0, 0.1) is 0 Å². The van der Waals surface area contributed by atoms with Crippen molar-refractivity contribution in [1.82, 2.24) is 14.5 Å². The van der Waals surface area contributed by atoms with E-state index in [9.17, 15) is 0 Å². The second-order valence-corrected chi connectivity index (χ2v) is 8.55. The van der Waals surface area contributed by atoms with Crippen LogP contribution in [0.25, 0.3) is 5.69 Å². The van der Waals surface area contributed by atoms with Crippen molar-refractivity contribution in [1.29, 1.82) is 0 Å². The van der Waals surface area contributed by atoms with Crippen LogP contribution < -0.4 is 4.74 Å². The van der Waals surface area contributed by atoms with Crippen LogP contribution in [-0.2, 0) is 0 Å². The third-order valence-corrected chi connectivity index (χ3v) is 6.96. The zero-order valence-corrected chi connectivity index (χ0v) is 18.1. The number of pyridine rings is 1. The summed E-state index contributed by atoms with van der Waals surface area (Å²) in [5.74, 6) is 2.00. The molecular weight excluding hydrogens is 392 g/mol. The number of hydrogen-bond donors (Lipinski definition) is 0. The van der Waals surface area contributed by atoms with Crippen molar-refractivity contribution in [3.05, 3.63) is 78.4 Å². The summed E-state index contributed by atoms with van der Waals surface area (Å²) in [5.41, 5.74) is 3.40. The molecule has 1 aromatic carbocycles. The second kappa shape index (κ2) is 8.19. The van der Waals surface area contributed by atoms with Crippen LogP contribution in [-0.4, -0.2) is 38.0 Å². The normalized spacial score (nSPS) is 22.8. The largest absolute Gasteiger partial charge is 0.494 e. The predicted octanol–water partition coefficient (Wildman–Crippen LogP) is 5.25. The van der Waals surface area contributed by atoms with E-state index in [1.54, 1.807) is 0 Å². The molecule has 0 spiro atoms. The molecule has 0 unspecified atom stereocenters. The van der Waals surface area contributed by atoms with Gasteiger partial charge in [0.05, 0.1) is 12.3 Å². The maximum Gasteiger partial charge on any atom is 0.160 e. The van der Waals surface area contributed by atoms with Gasteiger partial charge in [-0.25, -0.2) is 0 Å². The lowest BCUT2D eigenvalue weighted by atomic mass is 9.99. The highest BCUT2D eigenvalue weighted by molar-refractivity contribution is 8.14. The number of rotatable bonds is 6. The summed E-state index contributed by atoms with van der Waals surface area (Å²) in [7, 11) is 0. The summed E-state index contributed by atoms with van der Waals surface area (Å²) < 4.78 is 7.90. The van der Waals surface area contributed by atoms with Crippen molar-refractivity contribution < 1.29 is 4.74 Å². The number of hydrogen-bond acceptors (Lipinski definition) is 5. The SMILES string of the molecule is CCOc1ccc(-n2cccc2[C@H]2[C@H](c3ccccn3)N=C3SC[C@@H](CC)N32)cc1. The predicted molar refractivity (Wildman–Crippen MR) is 122 cm³/mol. The quantitative estimate of drug-likeness (QED) is 0.548. The monoisotopic (exact) mass is 418 g/mol. The van der Waals surface area contributed by atoms with Crippen LogP contribution in [0.1, 0.15) is 43.7 Å². The summed E-state index contributed by atoms with van der Waals surface area (Å²) in [6.07, 6.45) is 5.12. The Morgan fingerprint density at radius 1 is 1.07 bits per heavy atom. The zero-order valence-electron chi connectivity index (χ0n) is 17.3. The molecule has 30 heavy (non-hydrogen) atoms. The third-order valence-electron chi connectivity index (χ3n) is 5.84. The lowest BCUT2D eigenvalue weighted by molar-refractivity contribution is 0.249. The van der Waals surface area contributed by atoms with Gasteiger partial charge in [0.15, 0.2) is 5.17 Å². The van der Waals surface area contributed by atoms with Crippen molar-refractivity contribution in [2.45, 2.75) is 38.4 Å². The first kappa shape index (κ1) is 19.2. The summed E-state index contributed by atoms with van der Waals surface area (Å²) in [5, 5.41) is 1.15. The van der Waals surface area contributed by atoms with Crippen molar-refractivity contribution >= 4 is 16.9 Å². The van der Waals surface area contributed by atoms with Crippen LogP contribution in [0.4, 0.5) is 0 Å². The van der Waals surface area contributed by atoms with E-state index in [2.05, 4.69) is 64.0 Å². The Balaban J connectivity index is 1.57. The Kier molecular flexibility index (Phi) is 5.25. The van der Waals surface area contributed by atoms with Gasteiger partial charge in [-0.3, -0.25) is 9.98 Å². The van der Waals surface area contributed by atoms with Gasteiger partial charge < -0.3 is 14.2 Å². The molecule has 5 nitrogen and oxygen atoms in total. The molecule has 5 rings (SSSR count). The molecule has 2 aliphatic heterocycles. The molecular formula is C24H26N4OS. The molecule has 3 aromatic rings. The number of aliphatic imine (C=N–C) groups is 1. The van der Waals surface area contributed by atoms with Gasteiger partial charge in [-0.05, 0) is 61.9 Å². The maximum atomic E-state index is 5.62. The van der Waals surface area contributed by atoms with Gasteiger partial charge in [-0.1, -0.05) is 24.8 Å². The minimum atomic E-state index is -0.000557. The lowest BCUT2D eigenvalue weighted by Crippen LogP contribution is -2.36. The van der Waals surface area contributed by atoms with E-state index in [0.717, 1.165) is 34.5 Å². The Bertz CT molecular complexity index is 1030. The average molecular weight is 419 g/mol. The first-order valence-electron chi connectivity index (χ1n) is 10.6. The maximum absolute atomic E-state index is 5.62. The molecule has 4 heterocycles. The Labute approximate surface area is 181 Å². The molecule has 0 amide bonds. The molecule has 2 aliphatic rings. The number of thioether (sulfide) groups is 1. The summed E-state index contributed by atoms with van der Waals surface area (Å²) in [4.78, 5) is 12.3. The molecule has 0 aliphatic carbocycles. The van der Waals surface area contributed by atoms with Crippen LogP contribution in [0.15, 0.2) is 72.0 Å². The zero-order chi connectivity index (χ0) is 20.5. The molecule has 1 saturated heterocycles. The van der Waals surface area contributed by atoms with Gasteiger partial charge in [0, 0.05) is 35.6 Å². The number of amidine groups is 1. The molecule has 1 fully saturated rings. The fraction of sp³-hybridized carbons (Fsp3) is 0.333. The van der Waals surface area contributed by atoms with Gasteiger partial charge in [-0.15, -0.1) is 0 Å². The summed E-state index contributed by atoms with van der Waals surface area (Å²) in [6, 6.07) is 19.4. The van der Waals surface area contributed by atoms with E-state index in [1.807, 2.05) is 43.1 Å². The van der Waals surface area contributed by atoms with Gasteiger partial charge in [0.25, 0.3) is 0 Å². The number of fused-ring (bicyclic) bond motifs is 1. The fourth-order valence-electron chi connectivity index (χ4n) is 4.41. The second-order valence-electron chi connectivity index (χ2n) is 7.57. The van der Waals surface area contributed by atoms with E-state index in [-0.39, 0.29) is 12.1 Å². The molecule has 0 radical (unpaired) electrons. The van der Waals surface area contributed by atoms with E-state index >= 15 is 0 Å². The molecule has 2 aromatic heterocycles. The topological polar surface area (TPSA) is 42.6 Å². The highest BCUT2D eigenvalue weighted by atomic mass is 32.2. The van der Waals surface area contributed by atoms with Crippen LogP contribution in [0.2, 0.25) is 0 Å². The molecule has 3 atom stereocenters. The number of ether oxygens (including phenoxy) is 1. The number of aromatic nitrogens is 2. The van der Waals surface area contributed by atoms with Crippen molar-refractivity contribution in [3.8, 4) is 11.4 Å². The first-order valence-corrected chi connectivity index (χ1v) is 11.6. The van der Waals surface area contributed by atoms with Crippen LogP contribution in [0.5, 0.6) is 5.75 Å². The molecule has 0 bridgehead atoms. The van der Waals surface area contributed by atoms with E-state index in [1.165, 1.54) is 5.69 Å². The smallest absolute Gasteiger partial charge is 0.160 e. The molecule has 154 valence electrons. The van der Waals surface area contributed by atoms with Gasteiger partial charge >= 0.3 is 0 Å². The van der Waals surface area contributed by atoms with Gasteiger partial charge in [-0.2, -0.15) is 0 Å². The van der Waals surface area contributed by atoms with Crippen LogP contribution >= 0.6 is 11.8 Å². The summed E-state index contributed by atoms with van der Waals surface area (Å²) >= 11 is 1.88. The first-order chi connectivity index (χ1) is 14.8. The molecule has 6 heteroatoms. The third kappa shape index (κ3) is 3.29. The summed E-state index contributed by atoms with van der Waals surface area (Å²) in [6.45, 7) is 4.95. The average Bonchev–Trinajstić information content (AvgIpc) is 3.50. The van der Waals surface area contributed by atoms with E-state index in [4.69, 9.17) is 9.73 Å². The van der Waals surface area contributed by atoms with Gasteiger partial charge in [0.1, 0.15) is 17.8 Å². The Hall–Kier alpha value is -2.73. The lowest BCUT2D eigenvalue weighted by Gasteiger charge is -2.32. The van der Waals surface area contributed by atoms with E-state index < -0.39 is 0 Å². The van der Waals surface area contributed by atoms with Crippen molar-refractivity contribution in [2.24, 2.45) is 4.99 Å². The number of nitrogens with zero attached hydrogens (tertiary/aromatic N) is 4. The molecule has 0 saturated carbocycles. The van der Waals surface area contributed by atoms with Crippen molar-refractivity contribution in [2.75, 3.05) is 12.4 Å².